The largest absolute Gasteiger partial charge is 0.493 e. The number of nitrogens with zero attached hydrogens (tertiary/aromatic N) is 2. The molecule has 0 fully saturated rings. The molecule has 6 heteroatoms. The standard InChI is InChI=1S/C19H14N2O4/c1-23-17-12-13(7-8-16(17)24-10-9-20)11-15-18(21-25-19(15)22)14-5-3-2-4-6-14/h2-8,11-12H,10H2,1H3/b15-11+. The molecule has 124 valence electrons. The molecule has 2 aromatic rings. The Labute approximate surface area is 144 Å². The molecule has 6 nitrogen and oxygen atoms in total. The van der Waals surface area contributed by atoms with E-state index in [1.54, 1.807) is 24.3 Å². The average molecular weight is 334 g/mol. The second kappa shape index (κ2) is 7.32. The topological polar surface area (TPSA) is 80.9 Å². The van der Waals surface area contributed by atoms with E-state index in [4.69, 9.17) is 19.6 Å². The highest BCUT2D eigenvalue weighted by Crippen LogP contribution is 2.30. The molecule has 0 radical (unpaired) electrons. The number of methoxy groups -OCH3 is 1. The number of carbonyl (C=O) groups excluding carboxylic acids is 1. The molecule has 0 saturated heterocycles. The minimum atomic E-state index is -0.511. The molecule has 2 aromatic carbocycles. The van der Waals surface area contributed by atoms with Gasteiger partial charge in [0.05, 0.1) is 12.7 Å². The van der Waals surface area contributed by atoms with Crippen LogP contribution in [-0.4, -0.2) is 25.4 Å². The minimum absolute atomic E-state index is 0.0755. The minimum Gasteiger partial charge on any atom is -0.493 e. The summed E-state index contributed by atoms with van der Waals surface area (Å²) in [6, 6.07) is 16.4. The van der Waals surface area contributed by atoms with Gasteiger partial charge in [0, 0.05) is 5.56 Å². The number of nitriles is 1. The quantitative estimate of drug-likeness (QED) is 0.620. The van der Waals surface area contributed by atoms with Crippen molar-refractivity contribution in [3.05, 3.63) is 65.2 Å². The van der Waals surface area contributed by atoms with E-state index < -0.39 is 5.97 Å². The molecule has 0 spiro atoms. The molecule has 1 heterocycles. The molecule has 3 rings (SSSR count). The fourth-order valence-electron chi connectivity index (χ4n) is 2.38. The zero-order valence-corrected chi connectivity index (χ0v) is 13.4. The summed E-state index contributed by atoms with van der Waals surface area (Å²) in [5, 5.41) is 12.5. The van der Waals surface area contributed by atoms with Crippen molar-refractivity contribution in [1.82, 2.24) is 0 Å². The molecule has 0 aromatic heterocycles. The summed E-state index contributed by atoms with van der Waals surface area (Å²) in [5.74, 6) is 0.411. The lowest BCUT2D eigenvalue weighted by atomic mass is 10.0. The van der Waals surface area contributed by atoms with Crippen LogP contribution in [0.15, 0.2) is 59.3 Å². The van der Waals surface area contributed by atoms with Crippen LogP contribution >= 0.6 is 0 Å². The third-order valence-electron chi connectivity index (χ3n) is 3.53. The van der Waals surface area contributed by atoms with Gasteiger partial charge in [0.15, 0.2) is 18.1 Å². The molecule has 0 N–H and O–H groups in total. The van der Waals surface area contributed by atoms with Gasteiger partial charge in [-0.1, -0.05) is 41.6 Å². The Morgan fingerprint density at radius 1 is 1.20 bits per heavy atom. The van der Waals surface area contributed by atoms with Crippen LogP contribution in [0, 0.1) is 11.3 Å². The fourth-order valence-corrected chi connectivity index (χ4v) is 2.38. The summed E-state index contributed by atoms with van der Waals surface area (Å²) in [6.07, 6.45) is 1.68. The monoisotopic (exact) mass is 334 g/mol. The van der Waals surface area contributed by atoms with E-state index in [9.17, 15) is 4.79 Å². The first kappa shape index (κ1) is 16.3. The maximum atomic E-state index is 12.0. The van der Waals surface area contributed by atoms with Crippen LogP contribution in [0.3, 0.4) is 0 Å². The van der Waals surface area contributed by atoms with E-state index >= 15 is 0 Å². The van der Waals surface area contributed by atoms with E-state index in [1.165, 1.54) is 7.11 Å². The summed E-state index contributed by atoms with van der Waals surface area (Å²) < 4.78 is 10.6. The van der Waals surface area contributed by atoms with Gasteiger partial charge in [-0.25, -0.2) is 4.79 Å². The van der Waals surface area contributed by atoms with Gasteiger partial charge in [0.25, 0.3) is 0 Å². The molecular weight excluding hydrogens is 320 g/mol. The van der Waals surface area contributed by atoms with Gasteiger partial charge in [-0.2, -0.15) is 5.26 Å². The number of oxime groups is 1. The molecule has 0 amide bonds. The van der Waals surface area contributed by atoms with Gasteiger partial charge in [0.1, 0.15) is 11.8 Å². The van der Waals surface area contributed by atoms with Crippen LogP contribution in [0.2, 0.25) is 0 Å². The smallest absolute Gasteiger partial charge is 0.368 e. The Morgan fingerprint density at radius 2 is 2.00 bits per heavy atom. The summed E-state index contributed by atoms with van der Waals surface area (Å²) in [7, 11) is 1.51. The second-order valence-electron chi connectivity index (χ2n) is 5.10. The lowest BCUT2D eigenvalue weighted by Crippen LogP contribution is -2.06. The van der Waals surface area contributed by atoms with Gasteiger partial charge in [0.2, 0.25) is 0 Å². The Morgan fingerprint density at radius 3 is 2.72 bits per heavy atom. The van der Waals surface area contributed by atoms with E-state index in [1.807, 2.05) is 36.4 Å². The van der Waals surface area contributed by atoms with Crippen LogP contribution in [0.5, 0.6) is 11.5 Å². The van der Waals surface area contributed by atoms with Gasteiger partial charge in [-0.05, 0) is 23.8 Å². The number of carbonyl (C=O) groups is 1. The Hall–Kier alpha value is -3.59. The average Bonchev–Trinajstić information content (AvgIpc) is 3.01. The third-order valence-corrected chi connectivity index (χ3v) is 3.53. The molecule has 0 unspecified atom stereocenters. The van der Waals surface area contributed by atoms with E-state index in [0.717, 1.165) is 11.1 Å². The van der Waals surface area contributed by atoms with Gasteiger partial charge in [-0.3, -0.25) is 0 Å². The molecule has 0 aliphatic carbocycles. The first-order valence-electron chi connectivity index (χ1n) is 7.47. The van der Waals surface area contributed by atoms with Crippen molar-refractivity contribution in [3.8, 4) is 17.6 Å². The third kappa shape index (κ3) is 3.51. The SMILES string of the molecule is COc1cc(/C=C2/C(=O)ON=C2c2ccccc2)ccc1OCC#N. The summed E-state index contributed by atoms with van der Waals surface area (Å²) in [4.78, 5) is 16.9. The van der Waals surface area contributed by atoms with Gasteiger partial charge < -0.3 is 14.3 Å². The zero-order valence-electron chi connectivity index (χ0n) is 13.4. The first-order chi connectivity index (χ1) is 12.2. The lowest BCUT2D eigenvalue weighted by Gasteiger charge is -2.09. The van der Waals surface area contributed by atoms with Crippen molar-refractivity contribution >= 4 is 17.8 Å². The second-order valence-corrected chi connectivity index (χ2v) is 5.10. The number of rotatable bonds is 5. The number of hydrogen-bond donors (Lipinski definition) is 0. The maximum Gasteiger partial charge on any atom is 0.368 e. The normalized spacial score (nSPS) is 14.6. The van der Waals surface area contributed by atoms with Crippen molar-refractivity contribution in [3.63, 3.8) is 0 Å². The highest BCUT2D eigenvalue weighted by atomic mass is 16.7. The highest BCUT2D eigenvalue weighted by Gasteiger charge is 2.26. The fraction of sp³-hybridized carbons (Fsp3) is 0.105. The van der Waals surface area contributed by atoms with Crippen LogP contribution in [-0.2, 0) is 9.63 Å². The van der Waals surface area contributed by atoms with Crippen molar-refractivity contribution in [2.75, 3.05) is 13.7 Å². The van der Waals surface area contributed by atoms with E-state index in [-0.39, 0.29) is 6.61 Å². The van der Waals surface area contributed by atoms with Crippen molar-refractivity contribution in [1.29, 1.82) is 5.26 Å². The van der Waals surface area contributed by atoms with Crippen molar-refractivity contribution < 1.29 is 19.1 Å². The molecule has 25 heavy (non-hydrogen) atoms. The van der Waals surface area contributed by atoms with Crippen LogP contribution in [0.1, 0.15) is 11.1 Å². The first-order valence-corrected chi connectivity index (χ1v) is 7.47. The predicted octanol–water partition coefficient (Wildman–Crippen LogP) is 2.94. The van der Waals surface area contributed by atoms with Gasteiger partial charge in [-0.15, -0.1) is 0 Å². The summed E-state index contributed by atoms with van der Waals surface area (Å²) in [5.41, 5.74) is 2.35. The Balaban J connectivity index is 1.95. The maximum absolute atomic E-state index is 12.0. The Kier molecular flexibility index (Phi) is 4.77. The lowest BCUT2D eigenvalue weighted by molar-refractivity contribution is -0.136. The van der Waals surface area contributed by atoms with E-state index in [0.29, 0.717) is 22.8 Å². The molecule has 0 atom stereocenters. The molecule has 0 saturated carbocycles. The van der Waals surface area contributed by atoms with Gasteiger partial charge >= 0.3 is 5.97 Å². The Bertz CT molecular complexity index is 895. The van der Waals surface area contributed by atoms with Crippen molar-refractivity contribution in [2.24, 2.45) is 5.16 Å². The molecule has 1 aliphatic heterocycles. The highest BCUT2D eigenvalue weighted by molar-refractivity contribution is 6.31. The molecule has 0 bridgehead atoms. The van der Waals surface area contributed by atoms with Crippen LogP contribution in [0.4, 0.5) is 0 Å². The van der Waals surface area contributed by atoms with Crippen LogP contribution in [0.25, 0.3) is 6.08 Å². The molecular formula is C19H14N2O4. The van der Waals surface area contributed by atoms with E-state index in [2.05, 4.69) is 5.16 Å². The van der Waals surface area contributed by atoms with Crippen LogP contribution < -0.4 is 9.47 Å². The summed E-state index contributed by atoms with van der Waals surface area (Å²) in [6.45, 7) is -0.0755. The predicted molar refractivity (Wildman–Crippen MR) is 91.2 cm³/mol. The number of hydrogen-bond acceptors (Lipinski definition) is 6. The zero-order chi connectivity index (χ0) is 17.6. The number of ether oxygens (including phenoxy) is 2. The van der Waals surface area contributed by atoms with Crippen molar-refractivity contribution in [2.45, 2.75) is 0 Å². The number of benzene rings is 2. The molecule has 1 aliphatic rings. The summed E-state index contributed by atoms with van der Waals surface area (Å²) >= 11 is 0.